The van der Waals surface area contributed by atoms with Gasteiger partial charge in [0.25, 0.3) is 0 Å². The van der Waals surface area contributed by atoms with Crippen LogP contribution in [0.5, 0.6) is 0 Å². The number of ether oxygens (including phenoxy) is 3. The molecule has 0 saturated carbocycles. The maximum absolute atomic E-state index is 12.9. The summed E-state index contributed by atoms with van der Waals surface area (Å²) in [4.78, 5) is 48.5. The van der Waals surface area contributed by atoms with E-state index in [1.165, 1.54) is 128 Å². The third-order valence-corrected chi connectivity index (χ3v) is 13.7. The number of phosphoric acid groups is 1. The summed E-state index contributed by atoms with van der Waals surface area (Å²) in [6.45, 7) is 4.54. The minimum Gasteiger partial charge on any atom is -0.462 e. The maximum atomic E-state index is 12.9. The van der Waals surface area contributed by atoms with Crippen LogP contribution in [-0.4, -0.2) is 66.5 Å². The second-order valence-electron chi connectivity index (χ2n) is 19.8. The van der Waals surface area contributed by atoms with Gasteiger partial charge in [0, 0.05) is 19.3 Å². The van der Waals surface area contributed by atoms with Crippen LogP contribution in [0, 0.1) is 0 Å². The summed E-state index contributed by atoms with van der Waals surface area (Å²) >= 11 is 0. The predicted molar refractivity (Wildman–Crippen MR) is 298 cm³/mol. The molecule has 0 aromatic carbocycles. The van der Waals surface area contributed by atoms with E-state index >= 15 is 0 Å². The van der Waals surface area contributed by atoms with Gasteiger partial charge in [-0.1, -0.05) is 249 Å². The van der Waals surface area contributed by atoms with E-state index in [-0.39, 0.29) is 25.9 Å². The third kappa shape index (κ3) is 52.3. The number of allylic oxidation sites excluding steroid dienone is 8. The largest absolute Gasteiger partial charge is 0.472 e. The highest BCUT2D eigenvalue weighted by atomic mass is 31.2. The highest BCUT2D eigenvalue weighted by Gasteiger charge is 2.28. The molecule has 0 aliphatic rings. The lowest BCUT2D eigenvalue weighted by Crippen LogP contribution is -2.30. The molecule has 3 atom stereocenters. The lowest BCUT2D eigenvalue weighted by atomic mass is 10.0. The Balaban J connectivity index is 4.71. The Kier molecular flexibility index (Phi) is 52.7. The molecule has 0 fully saturated rings. The van der Waals surface area contributed by atoms with Crippen molar-refractivity contribution in [1.82, 2.24) is 0 Å². The minimum absolute atomic E-state index is 0.142. The zero-order valence-electron chi connectivity index (χ0n) is 46.4. The molecule has 2 N–H and O–H groups in total. The van der Waals surface area contributed by atoms with E-state index in [1.807, 2.05) is 0 Å². The van der Waals surface area contributed by atoms with Crippen LogP contribution < -0.4 is 0 Å². The monoisotopic (exact) mass is 1040 g/mol. The van der Waals surface area contributed by atoms with Crippen LogP contribution in [0.1, 0.15) is 278 Å². The maximum Gasteiger partial charge on any atom is 0.472 e. The smallest absolute Gasteiger partial charge is 0.462 e. The van der Waals surface area contributed by atoms with E-state index in [4.69, 9.17) is 23.3 Å². The van der Waals surface area contributed by atoms with Crippen LogP contribution >= 0.6 is 7.82 Å². The van der Waals surface area contributed by atoms with Crippen LogP contribution in [0.4, 0.5) is 0 Å². The molecule has 0 rings (SSSR count). The quantitative estimate of drug-likeness (QED) is 0.0197. The molecule has 0 aromatic rings. The van der Waals surface area contributed by atoms with Crippen LogP contribution in [0.15, 0.2) is 48.6 Å². The van der Waals surface area contributed by atoms with E-state index in [0.29, 0.717) is 19.3 Å². The summed E-state index contributed by atoms with van der Waals surface area (Å²) in [5, 5.41) is 9.82. The van der Waals surface area contributed by atoms with Gasteiger partial charge in [0.2, 0.25) is 0 Å². The molecule has 0 aliphatic carbocycles. The number of carbonyl (C=O) groups excluding carboxylic acids is 3. The molecule has 420 valence electrons. The molecule has 0 heterocycles. The summed E-state index contributed by atoms with van der Waals surface area (Å²) in [5.74, 6) is -1.47. The molecule has 0 aliphatic heterocycles. The van der Waals surface area contributed by atoms with Gasteiger partial charge >= 0.3 is 25.7 Å². The van der Waals surface area contributed by atoms with Gasteiger partial charge < -0.3 is 24.2 Å². The molecule has 12 heteroatoms. The van der Waals surface area contributed by atoms with Gasteiger partial charge in [0.1, 0.15) is 12.7 Å². The Morgan fingerprint density at radius 3 is 1.11 bits per heavy atom. The van der Waals surface area contributed by atoms with E-state index in [9.17, 15) is 28.9 Å². The van der Waals surface area contributed by atoms with Crippen molar-refractivity contribution >= 4 is 25.7 Å². The SMILES string of the molecule is CC/C=C\C/C=C\C/C=C\C/C=C\CCCCCCC(=O)OC(COC(=O)CCCCCCCCCCCCCCC)COP(=O)(O)OCC(CO)OC(=O)CCCCCCCCCCCCCCCCC. The lowest BCUT2D eigenvalue weighted by molar-refractivity contribution is -0.161. The number of carbonyl (C=O) groups is 3. The zero-order valence-corrected chi connectivity index (χ0v) is 47.3. The summed E-state index contributed by atoms with van der Waals surface area (Å²) in [7, 11) is -4.75. The van der Waals surface area contributed by atoms with Crippen molar-refractivity contribution in [3.63, 3.8) is 0 Å². The molecule has 3 unspecified atom stereocenters. The van der Waals surface area contributed by atoms with Gasteiger partial charge in [0.05, 0.1) is 19.8 Å². The van der Waals surface area contributed by atoms with Crippen LogP contribution in [0.25, 0.3) is 0 Å². The lowest BCUT2D eigenvalue weighted by Gasteiger charge is -2.21. The summed E-state index contributed by atoms with van der Waals surface area (Å²) in [6, 6.07) is 0. The number of hydrogen-bond acceptors (Lipinski definition) is 10. The first kappa shape index (κ1) is 69.4. The molecular weight excluding hydrogens is 928 g/mol. The van der Waals surface area contributed by atoms with E-state index in [1.54, 1.807) is 0 Å². The fraction of sp³-hybridized carbons (Fsp3) is 0.817. The van der Waals surface area contributed by atoms with Crippen LogP contribution in [-0.2, 0) is 42.2 Å². The fourth-order valence-corrected chi connectivity index (χ4v) is 9.07. The molecule has 0 aromatic heterocycles. The summed E-state index contributed by atoms with van der Waals surface area (Å²) in [5.41, 5.74) is 0. The molecule has 72 heavy (non-hydrogen) atoms. The first-order chi connectivity index (χ1) is 35.2. The fourth-order valence-electron chi connectivity index (χ4n) is 8.29. The average Bonchev–Trinajstić information content (AvgIpc) is 3.37. The molecule has 0 radical (unpaired) electrons. The van der Waals surface area contributed by atoms with Gasteiger partial charge in [0.15, 0.2) is 6.10 Å². The Bertz CT molecular complexity index is 1400. The summed E-state index contributed by atoms with van der Waals surface area (Å²) < 4.78 is 39.5. The van der Waals surface area contributed by atoms with Crippen molar-refractivity contribution in [3.05, 3.63) is 48.6 Å². The number of hydrogen-bond donors (Lipinski definition) is 2. The Hall–Kier alpha value is -2.56. The average molecular weight is 1040 g/mol. The Morgan fingerprint density at radius 1 is 0.403 bits per heavy atom. The van der Waals surface area contributed by atoms with Crippen molar-refractivity contribution in [2.75, 3.05) is 26.4 Å². The number of aliphatic hydroxyl groups excluding tert-OH is 1. The second kappa shape index (κ2) is 54.7. The Labute approximate surface area is 441 Å². The van der Waals surface area contributed by atoms with Crippen molar-refractivity contribution in [2.24, 2.45) is 0 Å². The number of esters is 3. The highest BCUT2D eigenvalue weighted by Crippen LogP contribution is 2.43. The first-order valence-corrected chi connectivity index (χ1v) is 31.0. The predicted octanol–water partition coefficient (Wildman–Crippen LogP) is 17.4. The standard InChI is InChI=1S/C60H109O11P/c1-4-7-10-13-16-19-22-25-27-28-30-33-36-39-42-45-48-51-60(64)71-57(53-67-58(62)49-46-43-40-37-34-31-24-21-18-15-12-9-6-3)55-69-72(65,66)68-54-56(52-61)70-59(63)50-47-44-41-38-35-32-29-26-23-20-17-14-11-8-5-2/h7,10,16,19,25,27,30,33,56-57,61H,4-6,8-9,11-15,17-18,20-24,26,28-29,31-32,34-55H2,1-3H3,(H,65,66)/b10-7-,19-16-,27-25-,33-30-. The number of rotatable bonds is 55. The van der Waals surface area contributed by atoms with E-state index < -0.39 is 57.8 Å². The second-order valence-corrected chi connectivity index (χ2v) is 21.2. The first-order valence-electron chi connectivity index (χ1n) is 29.5. The highest BCUT2D eigenvalue weighted by molar-refractivity contribution is 7.47. The number of unbranched alkanes of at least 4 members (excludes halogenated alkanes) is 30. The third-order valence-electron chi connectivity index (χ3n) is 12.8. The van der Waals surface area contributed by atoms with E-state index in [0.717, 1.165) is 89.9 Å². The Morgan fingerprint density at radius 2 is 0.722 bits per heavy atom. The minimum atomic E-state index is -4.75. The van der Waals surface area contributed by atoms with Crippen LogP contribution in [0.2, 0.25) is 0 Å². The molecule has 0 amide bonds. The number of phosphoric ester groups is 1. The van der Waals surface area contributed by atoms with E-state index in [2.05, 4.69) is 69.4 Å². The molecule has 0 saturated heterocycles. The normalized spacial score (nSPS) is 13.7. The van der Waals surface area contributed by atoms with Crippen molar-refractivity contribution in [2.45, 2.75) is 290 Å². The van der Waals surface area contributed by atoms with Gasteiger partial charge in [-0.2, -0.15) is 0 Å². The van der Waals surface area contributed by atoms with Gasteiger partial charge in [-0.3, -0.25) is 23.4 Å². The van der Waals surface area contributed by atoms with Gasteiger partial charge in [-0.25, -0.2) is 4.57 Å². The molecular formula is C60H109O11P. The van der Waals surface area contributed by atoms with Crippen LogP contribution in [0.3, 0.4) is 0 Å². The van der Waals surface area contributed by atoms with Gasteiger partial charge in [-0.05, 0) is 57.8 Å². The molecule has 0 bridgehead atoms. The van der Waals surface area contributed by atoms with Crippen molar-refractivity contribution in [1.29, 1.82) is 0 Å². The summed E-state index contributed by atoms with van der Waals surface area (Å²) in [6.07, 6.45) is 57.8. The molecule has 0 spiro atoms. The van der Waals surface area contributed by atoms with Gasteiger partial charge in [-0.15, -0.1) is 0 Å². The topological polar surface area (TPSA) is 155 Å². The van der Waals surface area contributed by atoms with Crippen molar-refractivity contribution in [3.8, 4) is 0 Å². The zero-order chi connectivity index (χ0) is 52.7. The van der Waals surface area contributed by atoms with Crippen molar-refractivity contribution < 1.29 is 52.2 Å². The number of aliphatic hydroxyl groups is 1. The molecule has 11 nitrogen and oxygen atoms in total.